The van der Waals surface area contributed by atoms with Gasteiger partial charge in [0.25, 0.3) is 0 Å². The average molecular weight is 463 g/mol. The molecule has 0 saturated carbocycles. The van der Waals surface area contributed by atoms with Crippen LogP contribution in [0.1, 0.15) is 12.5 Å². The van der Waals surface area contributed by atoms with Crippen molar-refractivity contribution in [2.75, 3.05) is 6.61 Å². The first-order valence-corrected chi connectivity index (χ1v) is 11.4. The van der Waals surface area contributed by atoms with E-state index in [0.717, 1.165) is 45.0 Å². The summed E-state index contributed by atoms with van der Waals surface area (Å²) in [5.41, 5.74) is 4.38. The Hall–Kier alpha value is -4.72. The number of rotatable bonds is 7. The smallest absolute Gasteiger partial charge is 0.182 e. The molecular weight excluding hydrogens is 440 g/mol. The first kappa shape index (κ1) is 20.9. The summed E-state index contributed by atoms with van der Waals surface area (Å²) in [6.45, 7) is 3.08. The summed E-state index contributed by atoms with van der Waals surface area (Å²) in [5.74, 6) is 2.27. The molecule has 6 aromatic rings. The van der Waals surface area contributed by atoms with Crippen molar-refractivity contribution < 1.29 is 9.47 Å². The molecule has 0 unspecified atom stereocenters. The van der Waals surface area contributed by atoms with Crippen LogP contribution in [-0.2, 0) is 6.61 Å². The fourth-order valence-electron chi connectivity index (χ4n) is 3.92. The van der Waals surface area contributed by atoms with E-state index >= 15 is 0 Å². The third-order valence-electron chi connectivity index (χ3n) is 5.66. The highest BCUT2D eigenvalue weighted by Gasteiger charge is 2.14. The summed E-state index contributed by atoms with van der Waals surface area (Å²) in [6, 6.07) is 25.6. The summed E-state index contributed by atoms with van der Waals surface area (Å²) in [4.78, 5) is 9.35. The van der Waals surface area contributed by atoms with Crippen molar-refractivity contribution in [1.82, 2.24) is 29.4 Å². The van der Waals surface area contributed by atoms with Crippen molar-refractivity contribution in [2.45, 2.75) is 13.5 Å². The van der Waals surface area contributed by atoms with Gasteiger partial charge in [0.05, 0.1) is 23.9 Å². The Balaban J connectivity index is 1.22. The second-order valence-electron chi connectivity index (χ2n) is 7.97. The van der Waals surface area contributed by atoms with Gasteiger partial charge in [-0.15, -0.1) is 5.10 Å². The number of hydrogen-bond donors (Lipinski definition) is 0. The molecule has 0 N–H and O–H groups in total. The quantitative estimate of drug-likeness (QED) is 0.328. The van der Waals surface area contributed by atoms with Crippen LogP contribution in [0.4, 0.5) is 0 Å². The number of fused-ring (bicyclic) bond motifs is 3. The molecule has 3 heterocycles. The highest BCUT2D eigenvalue weighted by molar-refractivity contribution is 5.89. The van der Waals surface area contributed by atoms with Crippen molar-refractivity contribution in [2.24, 2.45) is 0 Å². The number of benzene rings is 3. The molecule has 0 atom stereocenters. The fourth-order valence-corrected chi connectivity index (χ4v) is 3.92. The zero-order chi connectivity index (χ0) is 23.6. The normalized spacial score (nSPS) is 11.2. The molecule has 35 heavy (non-hydrogen) atoms. The van der Waals surface area contributed by atoms with Crippen LogP contribution in [0.15, 0.2) is 91.4 Å². The lowest BCUT2D eigenvalue weighted by molar-refractivity contribution is 0.304. The van der Waals surface area contributed by atoms with Crippen LogP contribution in [0.5, 0.6) is 11.5 Å². The molecule has 0 fully saturated rings. The number of aromatic nitrogens is 6. The fraction of sp³-hybridized carbons (Fsp3) is 0.111. The van der Waals surface area contributed by atoms with Crippen LogP contribution in [0, 0.1) is 0 Å². The molecule has 3 aromatic heterocycles. The molecule has 0 radical (unpaired) electrons. The second-order valence-corrected chi connectivity index (χ2v) is 7.97. The van der Waals surface area contributed by atoms with E-state index in [-0.39, 0.29) is 0 Å². The lowest BCUT2D eigenvalue weighted by atomic mass is 10.1. The Bertz CT molecular complexity index is 1590. The zero-order valence-corrected chi connectivity index (χ0v) is 19.1. The molecule has 0 bridgehead atoms. The Kier molecular flexibility index (Phi) is 5.31. The minimum atomic E-state index is 0.468. The molecule has 8 nitrogen and oxygen atoms in total. The molecule has 0 amide bonds. The van der Waals surface area contributed by atoms with E-state index in [4.69, 9.17) is 14.5 Å². The Morgan fingerprint density at radius 1 is 0.800 bits per heavy atom. The van der Waals surface area contributed by atoms with Crippen LogP contribution >= 0.6 is 0 Å². The molecule has 0 aliphatic rings. The third-order valence-corrected chi connectivity index (χ3v) is 5.66. The van der Waals surface area contributed by atoms with Crippen molar-refractivity contribution in [3.63, 3.8) is 0 Å². The first-order valence-electron chi connectivity index (χ1n) is 11.4. The summed E-state index contributed by atoms with van der Waals surface area (Å²) >= 11 is 0. The van der Waals surface area contributed by atoms with Crippen LogP contribution in [-0.4, -0.2) is 36.0 Å². The molecule has 6 rings (SSSR count). The van der Waals surface area contributed by atoms with Gasteiger partial charge in [0.2, 0.25) is 0 Å². The molecule has 0 aliphatic carbocycles. The molecule has 0 saturated heterocycles. The van der Waals surface area contributed by atoms with E-state index in [0.29, 0.717) is 19.0 Å². The number of nitrogens with zero attached hydrogens (tertiary/aromatic N) is 6. The van der Waals surface area contributed by atoms with Gasteiger partial charge in [-0.2, -0.15) is 5.10 Å². The van der Waals surface area contributed by atoms with Gasteiger partial charge in [-0.1, -0.05) is 42.5 Å². The van der Waals surface area contributed by atoms with Crippen LogP contribution in [0.3, 0.4) is 0 Å². The lowest BCUT2D eigenvalue weighted by Crippen LogP contribution is -1.98. The molecule has 3 aromatic carbocycles. The predicted octanol–water partition coefficient (Wildman–Crippen LogP) is 5.11. The predicted molar refractivity (Wildman–Crippen MR) is 133 cm³/mol. The van der Waals surface area contributed by atoms with E-state index < -0.39 is 0 Å². The van der Waals surface area contributed by atoms with Crippen molar-refractivity contribution in [1.29, 1.82) is 0 Å². The maximum atomic E-state index is 5.90. The maximum absolute atomic E-state index is 5.90. The van der Waals surface area contributed by atoms with E-state index in [1.165, 1.54) is 0 Å². The zero-order valence-electron chi connectivity index (χ0n) is 19.1. The van der Waals surface area contributed by atoms with Gasteiger partial charge < -0.3 is 9.47 Å². The van der Waals surface area contributed by atoms with E-state index in [2.05, 4.69) is 15.2 Å². The number of ether oxygens (including phenoxy) is 2. The van der Waals surface area contributed by atoms with Crippen LogP contribution in [0.25, 0.3) is 33.8 Å². The Morgan fingerprint density at radius 2 is 1.54 bits per heavy atom. The average Bonchev–Trinajstić information content (AvgIpc) is 3.54. The minimum absolute atomic E-state index is 0.468. The monoisotopic (exact) mass is 462 g/mol. The lowest BCUT2D eigenvalue weighted by Gasteiger charge is -2.08. The highest BCUT2D eigenvalue weighted by Crippen LogP contribution is 2.24. The second kappa shape index (κ2) is 8.90. The molecular formula is C27H22N6O2. The Morgan fingerprint density at radius 3 is 2.29 bits per heavy atom. The molecule has 172 valence electrons. The highest BCUT2D eigenvalue weighted by atomic mass is 16.5. The summed E-state index contributed by atoms with van der Waals surface area (Å²) in [5, 5.41) is 9.99. The topological polar surface area (TPSA) is 79.4 Å². The van der Waals surface area contributed by atoms with Crippen molar-refractivity contribution in [3.05, 3.63) is 97.0 Å². The number of para-hydroxylation sites is 1. The molecule has 8 heteroatoms. The largest absolute Gasteiger partial charge is 0.494 e. The van der Waals surface area contributed by atoms with Crippen molar-refractivity contribution >= 4 is 16.7 Å². The SMILES string of the molecule is CCOc1ccc(OCc2ccc(-c3nc4c5cnn(-c6ccccc6)c5ncn4n3)cc2)cc1. The molecule has 0 aliphatic heterocycles. The minimum Gasteiger partial charge on any atom is -0.494 e. The van der Waals surface area contributed by atoms with Crippen LogP contribution in [0.2, 0.25) is 0 Å². The van der Waals surface area contributed by atoms with Gasteiger partial charge in [0.1, 0.15) is 24.4 Å². The maximum Gasteiger partial charge on any atom is 0.182 e. The van der Waals surface area contributed by atoms with Gasteiger partial charge in [-0.05, 0) is 48.9 Å². The van der Waals surface area contributed by atoms with Crippen molar-refractivity contribution in [3.8, 4) is 28.6 Å². The van der Waals surface area contributed by atoms with Gasteiger partial charge in [-0.3, -0.25) is 0 Å². The Labute approximate surface area is 201 Å². The van der Waals surface area contributed by atoms with E-state index in [9.17, 15) is 0 Å². The van der Waals surface area contributed by atoms with Gasteiger partial charge in [0, 0.05) is 5.56 Å². The van der Waals surface area contributed by atoms with E-state index in [1.54, 1.807) is 17.0 Å². The summed E-state index contributed by atoms with van der Waals surface area (Å²) < 4.78 is 14.9. The van der Waals surface area contributed by atoms with Gasteiger partial charge >= 0.3 is 0 Å². The number of hydrogen-bond acceptors (Lipinski definition) is 6. The van der Waals surface area contributed by atoms with Gasteiger partial charge in [0.15, 0.2) is 17.1 Å². The molecule has 0 spiro atoms. The first-order chi connectivity index (χ1) is 17.3. The standard InChI is InChI=1S/C27H22N6O2/c1-2-34-22-12-14-23(15-13-22)35-17-19-8-10-20(11-9-19)25-30-27-24-16-29-33(21-6-4-3-5-7-21)26(24)28-18-32(27)31-25/h3-16,18H,2,17H2,1H3. The third kappa shape index (κ3) is 4.06. The van der Waals surface area contributed by atoms with Crippen LogP contribution < -0.4 is 9.47 Å². The van der Waals surface area contributed by atoms with E-state index in [1.807, 2.05) is 90.5 Å². The summed E-state index contributed by atoms with van der Waals surface area (Å²) in [6.07, 6.45) is 3.46. The van der Waals surface area contributed by atoms with Gasteiger partial charge in [-0.25, -0.2) is 19.2 Å². The summed E-state index contributed by atoms with van der Waals surface area (Å²) in [7, 11) is 0.